The Morgan fingerprint density at radius 3 is 1.83 bits per heavy atom. The minimum absolute atomic E-state index is 0.612. The largest absolute Gasteiger partial charge is 0.491 e. The number of hydrogen-bond donors (Lipinski definition) is 2. The summed E-state index contributed by atoms with van der Waals surface area (Å²) >= 11 is 0. The van der Waals surface area contributed by atoms with E-state index in [1.165, 1.54) is 0 Å². The summed E-state index contributed by atoms with van der Waals surface area (Å²) in [6.07, 6.45) is 8.72. The van der Waals surface area contributed by atoms with E-state index in [1.807, 2.05) is 66.8 Å². The molecule has 8 bridgehead atoms. The van der Waals surface area contributed by atoms with Gasteiger partial charge in [0, 0.05) is 6.07 Å². The molecule has 150 valence electrons. The third kappa shape index (κ3) is 3.20. The fraction of sp³-hybridized carbons (Fsp3) is 0.130. The van der Waals surface area contributed by atoms with E-state index in [-0.39, 0.29) is 0 Å². The average Bonchev–Trinajstić information content (AvgIpc) is 3.49. The SMILES string of the molecule is CCCOc1cc2cc3nc(cc4ccc(cc5nc(cc1n2N)C=C5)n4N)C=C3. The molecule has 3 aromatic rings. The van der Waals surface area contributed by atoms with Gasteiger partial charge in [0.25, 0.3) is 0 Å². The summed E-state index contributed by atoms with van der Waals surface area (Å²) in [7, 11) is 0. The second-order valence-electron chi connectivity index (χ2n) is 7.26. The van der Waals surface area contributed by atoms with Crippen LogP contribution in [0.4, 0.5) is 0 Å². The van der Waals surface area contributed by atoms with Crippen LogP contribution in [0.2, 0.25) is 0 Å². The molecular formula is C23H22N6O. The van der Waals surface area contributed by atoms with Crippen molar-refractivity contribution in [3.8, 4) is 5.75 Å². The number of nitrogen functional groups attached to an aromatic ring is 2. The Hall–Kier alpha value is -4.00. The fourth-order valence-electron chi connectivity index (χ4n) is 3.54. The molecule has 0 radical (unpaired) electrons. The van der Waals surface area contributed by atoms with E-state index in [9.17, 15) is 0 Å². The number of nitrogens with two attached hydrogens (primary N) is 2. The molecule has 0 fully saturated rings. The Morgan fingerprint density at radius 1 is 0.733 bits per heavy atom. The van der Waals surface area contributed by atoms with Crippen LogP contribution in [0.1, 0.15) is 36.1 Å². The van der Waals surface area contributed by atoms with Gasteiger partial charge in [0.15, 0.2) is 0 Å². The zero-order valence-electron chi connectivity index (χ0n) is 16.6. The minimum atomic E-state index is 0.612. The lowest BCUT2D eigenvalue weighted by atomic mass is 10.3. The predicted octanol–water partition coefficient (Wildman–Crippen LogP) is 3.82. The van der Waals surface area contributed by atoms with Crippen molar-refractivity contribution in [2.75, 3.05) is 18.3 Å². The van der Waals surface area contributed by atoms with E-state index in [1.54, 1.807) is 9.35 Å². The molecule has 0 saturated heterocycles. The van der Waals surface area contributed by atoms with Crippen LogP contribution in [0.15, 0.2) is 42.5 Å². The highest BCUT2D eigenvalue weighted by Crippen LogP contribution is 2.26. The number of nitrogens with zero attached hydrogens (tertiary/aromatic N) is 4. The zero-order chi connectivity index (χ0) is 20.7. The van der Waals surface area contributed by atoms with Crippen molar-refractivity contribution >= 4 is 46.4 Å². The molecule has 3 aromatic heterocycles. The lowest BCUT2D eigenvalue weighted by Gasteiger charge is -2.02. The highest BCUT2D eigenvalue weighted by molar-refractivity contribution is 5.80. The highest BCUT2D eigenvalue weighted by Gasteiger charge is 2.10. The van der Waals surface area contributed by atoms with Crippen molar-refractivity contribution in [3.63, 3.8) is 0 Å². The van der Waals surface area contributed by atoms with Crippen LogP contribution >= 0.6 is 0 Å². The molecular weight excluding hydrogens is 376 g/mol. The van der Waals surface area contributed by atoms with Crippen molar-refractivity contribution in [2.45, 2.75) is 13.3 Å². The molecule has 30 heavy (non-hydrogen) atoms. The molecule has 4 N–H and O–H groups in total. The molecule has 5 rings (SSSR count). The van der Waals surface area contributed by atoms with E-state index in [0.29, 0.717) is 6.61 Å². The van der Waals surface area contributed by atoms with E-state index >= 15 is 0 Å². The fourth-order valence-corrected chi connectivity index (χ4v) is 3.54. The molecule has 0 unspecified atom stereocenters. The number of hydrogen-bond acceptors (Lipinski definition) is 5. The van der Waals surface area contributed by atoms with Crippen molar-refractivity contribution in [3.05, 3.63) is 65.2 Å². The Morgan fingerprint density at radius 2 is 1.27 bits per heavy atom. The number of fused-ring (bicyclic) bond motifs is 8. The summed E-state index contributed by atoms with van der Waals surface area (Å²) in [6.45, 7) is 2.68. The summed E-state index contributed by atoms with van der Waals surface area (Å²) in [5.74, 6) is 13.4. The van der Waals surface area contributed by atoms with Gasteiger partial charge >= 0.3 is 0 Å². The quantitative estimate of drug-likeness (QED) is 0.450. The smallest absolute Gasteiger partial charge is 0.147 e. The van der Waals surface area contributed by atoms with Crippen molar-refractivity contribution < 1.29 is 4.74 Å². The molecule has 7 nitrogen and oxygen atoms in total. The standard InChI is InChI=1S/C23H22N6O/c1-2-9-30-23-14-21-12-17-4-3-15(26-17)10-19-7-8-20(28(19)24)11-16-5-6-18(27-16)13-22(23)29(21)25/h3-8,10-14H,2,9,24-25H2,1H3. The molecule has 0 aromatic carbocycles. The van der Waals surface area contributed by atoms with Crippen LogP contribution in [-0.2, 0) is 0 Å². The Labute approximate surface area is 173 Å². The number of rotatable bonds is 3. The van der Waals surface area contributed by atoms with Gasteiger partial charge in [-0.05, 0) is 67.1 Å². The molecule has 0 amide bonds. The molecule has 0 spiro atoms. The third-order valence-corrected chi connectivity index (χ3v) is 5.05. The normalized spacial score (nSPS) is 12.4. The van der Waals surface area contributed by atoms with Gasteiger partial charge < -0.3 is 16.4 Å². The molecule has 2 aliphatic heterocycles. The van der Waals surface area contributed by atoms with Crippen LogP contribution in [0.25, 0.3) is 46.4 Å². The third-order valence-electron chi connectivity index (χ3n) is 5.05. The summed E-state index contributed by atoms with van der Waals surface area (Å²) in [5.41, 5.74) is 6.51. The van der Waals surface area contributed by atoms with Gasteiger partial charge in [-0.25, -0.2) is 9.97 Å². The molecule has 0 aliphatic carbocycles. The van der Waals surface area contributed by atoms with Gasteiger partial charge in [-0.2, -0.15) is 0 Å². The van der Waals surface area contributed by atoms with Crippen LogP contribution in [0, 0.1) is 0 Å². The van der Waals surface area contributed by atoms with E-state index in [0.717, 1.165) is 57.0 Å². The zero-order valence-corrected chi connectivity index (χ0v) is 16.6. The first-order chi connectivity index (χ1) is 14.6. The second kappa shape index (κ2) is 7.11. The maximum Gasteiger partial charge on any atom is 0.147 e. The minimum Gasteiger partial charge on any atom is -0.491 e. The summed E-state index contributed by atoms with van der Waals surface area (Å²) < 4.78 is 9.20. The van der Waals surface area contributed by atoms with E-state index in [2.05, 4.69) is 16.9 Å². The second-order valence-corrected chi connectivity index (χ2v) is 7.26. The van der Waals surface area contributed by atoms with Gasteiger partial charge in [-0.1, -0.05) is 6.92 Å². The van der Waals surface area contributed by atoms with Gasteiger partial charge in [-0.3, -0.25) is 9.35 Å². The molecule has 0 atom stereocenters. The van der Waals surface area contributed by atoms with Crippen LogP contribution in [-0.4, -0.2) is 25.9 Å². The summed E-state index contributed by atoms with van der Waals surface area (Å²) in [6, 6.07) is 13.6. The van der Waals surface area contributed by atoms with Crippen molar-refractivity contribution in [1.29, 1.82) is 0 Å². The van der Waals surface area contributed by atoms with E-state index < -0.39 is 0 Å². The Balaban J connectivity index is 1.85. The van der Waals surface area contributed by atoms with Gasteiger partial charge in [0.2, 0.25) is 0 Å². The molecule has 7 heteroatoms. The summed E-state index contributed by atoms with van der Waals surface area (Å²) in [4.78, 5) is 9.35. The molecule has 2 aliphatic rings. The van der Waals surface area contributed by atoms with Gasteiger partial charge in [0.1, 0.15) is 11.3 Å². The topological polar surface area (TPSA) is 96.9 Å². The van der Waals surface area contributed by atoms with Crippen LogP contribution in [0.3, 0.4) is 0 Å². The lowest BCUT2D eigenvalue weighted by molar-refractivity contribution is 0.321. The molecule has 0 saturated carbocycles. The van der Waals surface area contributed by atoms with Crippen molar-refractivity contribution in [2.24, 2.45) is 0 Å². The number of aromatic nitrogens is 4. The first-order valence-electron chi connectivity index (χ1n) is 9.87. The predicted molar refractivity (Wildman–Crippen MR) is 122 cm³/mol. The maximum atomic E-state index is 6.42. The van der Waals surface area contributed by atoms with Crippen LogP contribution < -0.4 is 16.4 Å². The highest BCUT2D eigenvalue weighted by atomic mass is 16.5. The maximum absolute atomic E-state index is 6.42. The average molecular weight is 398 g/mol. The first-order valence-corrected chi connectivity index (χ1v) is 9.87. The lowest BCUT2D eigenvalue weighted by Crippen LogP contribution is -2.07. The van der Waals surface area contributed by atoms with Crippen molar-refractivity contribution in [1.82, 2.24) is 19.3 Å². The monoisotopic (exact) mass is 398 g/mol. The van der Waals surface area contributed by atoms with E-state index in [4.69, 9.17) is 16.4 Å². The summed E-state index contributed by atoms with van der Waals surface area (Å²) in [5, 5.41) is 0. The number of ether oxygens (including phenoxy) is 1. The first kappa shape index (κ1) is 18.1. The van der Waals surface area contributed by atoms with Crippen LogP contribution in [0.5, 0.6) is 5.75 Å². The molecule has 5 heterocycles. The van der Waals surface area contributed by atoms with Gasteiger partial charge in [-0.15, -0.1) is 0 Å². The Kier molecular flexibility index (Phi) is 4.28. The Bertz CT molecular complexity index is 1360. The van der Waals surface area contributed by atoms with Gasteiger partial charge in [0.05, 0.1) is 45.9 Å².